The van der Waals surface area contributed by atoms with Crippen LogP contribution in [0.4, 0.5) is 5.82 Å². The van der Waals surface area contributed by atoms with Gasteiger partial charge < -0.3 is 19.7 Å². The SMILES string of the molecule is CC(C)Cn1ccnc(NC2COCC2(C)C(=O)O)c1=O. The maximum atomic E-state index is 12.3. The van der Waals surface area contributed by atoms with E-state index in [1.807, 2.05) is 13.8 Å². The standard InChI is InChI=1S/C14H21N3O4/c1-9(2)6-17-5-4-15-11(12(17)18)16-10-7-21-8-14(10,3)13(19)20/h4-5,9-10H,6-8H2,1-3H3,(H,15,16)(H,19,20). The summed E-state index contributed by atoms with van der Waals surface area (Å²) in [5.74, 6) is -0.450. The first-order valence-corrected chi connectivity index (χ1v) is 6.97. The fraction of sp³-hybridized carbons (Fsp3) is 0.643. The van der Waals surface area contributed by atoms with Crippen molar-refractivity contribution in [1.82, 2.24) is 9.55 Å². The van der Waals surface area contributed by atoms with Gasteiger partial charge in [0.2, 0.25) is 0 Å². The number of nitrogens with one attached hydrogen (secondary N) is 1. The Morgan fingerprint density at radius 2 is 2.38 bits per heavy atom. The van der Waals surface area contributed by atoms with Crippen LogP contribution in [0.5, 0.6) is 0 Å². The molecule has 1 saturated heterocycles. The fourth-order valence-corrected chi connectivity index (χ4v) is 2.33. The van der Waals surface area contributed by atoms with Crippen LogP contribution in [-0.4, -0.2) is 39.9 Å². The summed E-state index contributed by atoms with van der Waals surface area (Å²) in [4.78, 5) is 27.8. The van der Waals surface area contributed by atoms with Gasteiger partial charge in [0.1, 0.15) is 5.41 Å². The Balaban J connectivity index is 2.24. The molecule has 2 heterocycles. The Hall–Kier alpha value is -1.89. The van der Waals surface area contributed by atoms with Crippen molar-refractivity contribution in [3.05, 3.63) is 22.7 Å². The second-order valence-electron chi connectivity index (χ2n) is 6.06. The highest BCUT2D eigenvalue weighted by Gasteiger charge is 2.47. The molecule has 0 aliphatic carbocycles. The molecule has 0 bridgehead atoms. The van der Waals surface area contributed by atoms with Gasteiger partial charge in [0.15, 0.2) is 5.82 Å². The van der Waals surface area contributed by atoms with E-state index in [9.17, 15) is 14.7 Å². The van der Waals surface area contributed by atoms with Gasteiger partial charge in [-0.15, -0.1) is 0 Å². The average Bonchev–Trinajstić information content (AvgIpc) is 2.77. The van der Waals surface area contributed by atoms with Crippen LogP contribution < -0.4 is 10.9 Å². The Labute approximate surface area is 123 Å². The number of aliphatic carboxylic acids is 1. The lowest BCUT2D eigenvalue weighted by Gasteiger charge is -2.25. The minimum Gasteiger partial charge on any atom is -0.481 e. The number of nitrogens with zero attached hydrogens (tertiary/aromatic N) is 2. The normalized spacial score (nSPS) is 25.2. The highest BCUT2D eigenvalue weighted by Crippen LogP contribution is 2.30. The van der Waals surface area contributed by atoms with Crippen LogP contribution in [0.15, 0.2) is 17.2 Å². The van der Waals surface area contributed by atoms with Gasteiger partial charge in [-0.1, -0.05) is 13.8 Å². The molecule has 0 spiro atoms. The Kier molecular flexibility index (Phi) is 4.32. The molecular formula is C14H21N3O4. The smallest absolute Gasteiger partial charge is 0.313 e. The van der Waals surface area contributed by atoms with Gasteiger partial charge in [0.25, 0.3) is 5.56 Å². The zero-order valence-corrected chi connectivity index (χ0v) is 12.5. The lowest BCUT2D eigenvalue weighted by atomic mass is 9.85. The van der Waals surface area contributed by atoms with Crippen LogP contribution in [0.25, 0.3) is 0 Å². The monoisotopic (exact) mass is 295 g/mol. The maximum absolute atomic E-state index is 12.3. The third-order valence-electron chi connectivity index (χ3n) is 3.73. The number of aromatic nitrogens is 2. The van der Waals surface area contributed by atoms with E-state index in [0.29, 0.717) is 12.5 Å². The van der Waals surface area contributed by atoms with Crippen LogP contribution in [0, 0.1) is 11.3 Å². The molecule has 1 fully saturated rings. The van der Waals surface area contributed by atoms with Crippen molar-refractivity contribution in [2.45, 2.75) is 33.4 Å². The summed E-state index contributed by atoms with van der Waals surface area (Å²) < 4.78 is 6.84. The van der Waals surface area contributed by atoms with E-state index in [1.54, 1.807) is 23.9 Å². The van der Waals surface area contributed by atoms with Crippen molar-refractivity contribution in [2.24, 2.45) is 11.3 Å². The summed E-state index contributed by atoms with van der Waals surface area (Å²) in [5, 5.41) is 12.3. The number of carbonyl (C=O) groups is 1. The Morgan fingerprint density at radius 3 is 3.00 bits per heavy atom. The quantitative estimate of drug-likeness (QED) is 0.834. The molecule has 2 N–H and O–H groups in total. The number of carboxylic acids is 1. The minimum absolute atomic E-state index is 0.118. The van der Waals surface area contributed by atoms with Gasteiger partial charge in [0.05, 0.1) is 19.3 Å². The molecule has 0 aromatic carbocycles. The molecule has 7 nitrogen and oxygen atoms in total. The summed E-state index contributed by atoms with van der Waals surface area (Å²) in [6.07, 6.45) is 3.18. The molecule has 2 atom stereocenters. The molecule has 0 amide bonds. The Bertz CT molecular complexity index is 584. The topological polar surface area (TPSA) is 93.4 Å². The summed E-state index contributed by atoms with van der Waals surface area (Å²) in [5.41, 5.74) is -1.31. The van der Waals surface area contributed by atoms with Gasteiger partial charge in [-0.05, 0) is 12.8 Å². The van der Waals surface area contributed by atoms with Gasteiger partial charge in [-0.2, -0.15) is 0 Å². The van der Waals surface area contributed by atoms with Crippen molar-refractivity contribution >= 4 is 11.8 Å². The third kappa shape index (κ3) is 3.07. The minimum atomic E-state index is -1.06. The number of hydrogen-bond acceptors (Lipinski definition) is 5. The predicted octanol–water partition coefficient (Wildman–Crippen LogP) is 0.801. The maximum Gasteiger partial charge on any atom is 0.313 e. The van der Waals surface area contributed by atoms with E-state index >= 15 is 0 Å². The second kappa shape index (κ2) is 5.85. The van der Waals surface area contributed by atoms with Gasteiger partial charge in [-0.3, -0.25) is 9.59 Å². The Morgan fingerprint density at radius 1 is 1.67 bits per heavy atom. The molecule has 0 radical (unpaired) electrons. The number of anilines is 1. The first-order chi connectivity index (χ1) is 9.84. The number of ether oxygens (including phenoxy) is 1. The first-order valence-electron chi connectivity index (χ1n) is 6.97. The molecule has 116 valence electrons. The summed E-state index contributed by atoms with van der Waals surface area (Å²) in [7, 11) is 0. The lowest BCUT2D eigenvalue weighted by molar-refractivity contribution is -0.148. The van der Waals surface area contributed by atoms with E-state index in [4.69, 9.17) is 4.74 Å². The molecule has 7 heteroatoms. The zero-order valence-electron chi connectivity index (χ0n) is 12.5. The van der Waals surface area contributed by atoms with Crippen molar-refractivity contribution in [3.63, 3.8) is 0 Å². The molecule has 1 aliphatic rings. The molecular weight excluding hydrogens is 274 g/mol. The summed E-state index contributed by atoms with van der Waals surface area (Å²) in [6, 6.07) is -0.481. The summed E-state index contributed by atoms with van der Waals surface area (Å²) >= 11 is 0. The van der Waals surface area contributed by atoms with Crippen LogP contribution in [0.2, 0.25) is 0 Å². The van der Waals surface area contributed by atoms with Crippen LogP contribution >= 0.6 is 0 Å². The van der Waals surface area contributed by atoms with Gasteiger partial charge >= 0.3 is 5.97 Å². The largest absolute Gasteiger partial charge is 0.481 e. The van der Waals surface area contributed by atoms with Crippen LogP contribution in [-0.2, 0) is 16.1 Å². The van der Waals surface area contributed by atoms with Gasteiger partial charge in [0, 0.05) is 18.9 Å². The van der Waals surface area contributed by atoms with Crippen molar-refractivity contribution in [3.8, 4) is 0 Å². The van der Waals surface area contributed by atoms with E-state index in [2.05, 4.69) is 10.3 Å². The van der Waals surface area contributed by atoms with E-state index in [-0.39, 0.29) is 24.6 Å². The van der Waals surface area contributed by atoms with Crippen LogP contribution in [0.3, 0.4) is 0 Å². The number of hydrogen-bond donors (Lipinski definition) is 2. The molecule has 1 aromatic heterocycles. The average molecular weight is 295 g/mol. The number of rotatable bonds is 5. The van der Waals surface area contributed by atoms with Crippen molar-refractivity contribution in [2.75, 3.05) is 18.5 Å². The van der Waals surface area contributed by atoms with Crippen molar-refractivity contribution < 1.29 is 14.6 Å². The number of carboxylic acid groups (broad SMARTS) is 1. The lowest BCUT2D eigenvalue weighted by Crippen LogP contribution is -2.45. The van der Waals surface area contributed by atoms with E-state index in [0.717, 1.165) is 0 Å². The fourth-order valence-electron chi connectivity index (χ4n) is 2.33. The highest BCUT2D eigenvalue weighted by atomic mass is 16.5. The van der Waals surface area contributed by atoms with E-state index in [1.165, 1.54) is 0 Å². The molecule has 2 unspecified atom stereocenters. The first kappa shape index (κ1) is 15.5. The second-order valence-corrected chi connectivity index (χ2v) is 6.06. The third-order valence-corrected chi connectivity index (χ3v) is 3.73. The van der Waals surface area contributed by atoms with Gasteiger partial charge in [-0.25, -0.2) is 4.98 Å². The van der Waals surface area contributed by atoms with Crippen LogP contribution in [0.1, 0.15) is 20.8 Å². The predicted molar refractivity (Wildman–Crippen MR) is 77.3 cm³/mol. The molecule has 0 saturated carbocycles. The molecule has 1 aliphatic heterocycles. The van der Waals surface area contributed by atoms with E-state index < -0.39 is 17.4 Å². The highest BCUT2D eigenvalue weighted by molar-refractivity contribution is 5.76. The molecule has 1 aromatic rings. The summed E-state index contributed by atoms with van der Waals surface area (Å²) in [6.45, 7) is 6.59. The van der Waals surface area contributed by atoms with Crippen molar-refractivity contribution in [1.29, 1.82) is 0 Å². The molecule has 2 rings (SSSR count). The zero-order chi connectivity index (χ0) is 15.6. The molecule has 21 heavy (non-hydrogen) atoms.